The summed E-state index contributed by atoms with van der Waals surface area (Å²) in [6.07, 6.45) is 0. The number of benzene rings is 2. The number of fused-ring (bicyclic) bond motifs is 1. The van der Waals surface area contributed by atoms with Crippen LogP contribution in [0.5, 0.6) is 0 Å². The fraction of sp³-hybridized carbons (Fsp3) is 0.0667. The monoisotopic (exact) mass is 347 g/mol. The quantitative estimate of drug-likeness (QED) is 0.699. The highest BCUT2D eigenvalue weighted by Gasteiger charge is 2.10. The van der Waals surface area contributed by atoms with Gasteiger partial charge in [-0.2, -0.15) is 0 Å². The van der Waals surface area contributed by atoms with Crippen molar-refractivity contribution in [2.24, 2.45) is 0 Å². The van der Waals surface area contributed by atoms with Gasteiger partial charge in [0.2, 0.25) is 0 Å². The Kier molecular flexibility index (Phi) is 3.36. The first-order chi connectivity index (χ1) is 9.54. The molecule has 0 fully saturated rings. The second kappa shape index (κ2) is 5.04. The lowest BCUT2D eigenvalue weighted by molar-refractivity contribution is 1.23. The van der Waals surface area contributed by atoms with E-state index in [1.807, 2.05) is 43.3 Å². The minimum absolute atomic E-state index is 0.465. The molecule has 3 rings (SSSR count). The van der Waals surface area contributed by atoms with Crippen molar-refractivity contribution in [3.8, 4) is 11.4 Å². The predicted octanol–water partition coefficient (Wildman–Crippen LogP) is 4.60. The Morgan fingerprint density at radius 3 is 2.65 bits per heavy atom. The molecular weight excluding hydrogens is 338 g/mol. The minimum Gasteiger partial charge on any atom is -0.383 e. The van der Waals surface area contributed by atoms with Gasteiger partial charge in [0.15, 0.2) is 5.82 Å². The van der Waals surface area contributed by atoms with Gasteiger partial charge in [0, 0.05) is 15.4 Å². The highest BCUT2D eigenvalue weighted by Crippen LogP contribution is 2.30. The summed E-state index contributed by atoms with van der Waals surface area (Å²) in [5.74, 6) is 1.00. The maximum absolute atomic E-state index is 6.24. The van der Waals surface area contributed by atoms with Gasteiger partial charge in [0.25, 0.3) is 0 Å². The van der Waals surface area contributed by atoms with E-state index in [1.54, 1.807) is 0 Å². The van der Waals surface area contributed by atoms with Crippen molar-refractivity contribution in [3.05, 3.63) is 51.5 Å². The van der Waals surface area contributed by atoms with Gasteiger partial charge in [-0.1, -0.05) is 39.2 Å². The molecule has 0 saturated heterocycles. The van der Waals surface area contributed by atoms with Gasteiger partial charge in [-0.05, 0) is 37.3 Å². The molecule has 0 saturated carbocycles. The molecule has 0 bridgehead atoms. The van der Waals surface area contributed by atoms with Gasteiger partial charge in [-0.15, -0.1) is 0 Å². The summed E-state index contributed by atoms with van der Waals surface area (Å²) in [4.78, 5) is 8.92. The fourth-order valence-electron chi connectivity index (χ4n) is 2.06. The summed E-state index contributed by atoms with van der Waals surface area (Å²) in [5, 5.41) is 1.45. The summed E-state index contributed by atoms with van der Waals surface area (Å²) in [5.41, 5.74) is 8.75. The van der Waals surface area contributed by atoms with Crippen LogP contribution in [-0.2, 0) is 0 Å². The van der Waals surface area contributed by atoms with Crippen molar-refractivity contribution >= 4 is 44.3 Å². The molecule has 0 radical (unpaired) electrons. The van der Waals surface area contributed by atoms with Gasteiger partial charge in [-0.3, -0.25) is 0 Å². The van der Waals surface area contributed by atoms with Crippen molar-refractivity contribution in [1.29, 1.82) is 0 Å². The van der Waals surface area contributed by atoms with Crippen LogP contribution in [0.1, 0.15) is 5.56 Å². The number of nitrogen functional groups attached to an aromatic ring is 1. The highest BCUT2D eigenvalue weighted by atomic mass is 79.9. The number of nitrogens with zero attached hydrogens (tertiary/aromatic N) is 2. The van der Waals surface area contributed by atoms with E-state index in [0.717, 1.165) is 26.5 Å². The Morgan fingerprint density at radius 2 is 1.90 bits per heavy atom. The number of aromatic nitrogens is 2. The van der Waals surface area contributed by atoms with E-state index in [9.17, 15) is 0 Å². The van der Waals surface area contributed by atoms with Crippen LogP contribution >= 0.6 is 27.5 Å². The standard InChI is InChI=1S/C15H11BrClN3/c1-8-2-5-13-11(6-8)14(18)20-15(19-13)10-4-3-9(16)7-12(10)17/h2-7H,1H3,(H2,18,19,20). The van der Waals surface area contributed by atoms with E-state index >= 15 is 0 Å². The van der Waals surface area contributed by atoms with Crippen LogP contribution < -0.4 is 5.73 Å². The predicted molar refractivity (Wildman–Crippen MR) is 86.8 cm³/mol. The van der Waals surface area contributed by atoms with Crippen molar-refractivity contribution < 1.29 is 0 Å². The minimum atomic E-state index is 0.465. The smallest absolute Gasteiger partial charge is 0.163 e. The van der Waals surface area contributed by atoms with E-state index in [2.05, 4.69) is 25.9 Å². The van der Waals surface area contributed by atoms with Gasteiger partial charge >= 0.3 is 0 Å². The second-order valence-corrected chi connectivity index (χ2v) is 5.90. The number of aryl methyl sites for hydroxylation is 1. The molecule has 2 aromatic carbocycles. The van der Waals surface area contributed by atoms with Crippen molar-refractivity contribution in [2.45, 2.75) is 6.92 Å². The molecule has 3 aromatic rings. The number of hydrogen-bond acceptors (Lipinski definition) is 3. The van der Waals surface area contributed by atoms with E-state index in [4.69, 9.17) is 17.3 Å². The van der Waals surface area contributed by atoms with Crippen molar-refractivity contribution in [1.82, 2.24) is 9.97 Å². The Balaban J connectivity index is 2.24. The van der Waals surface area contributed by atoms with Crippen molar-refractivity contribution in [2.75, 3.05) is 5.73 Å². The Hall–Kier alpha value is -1.65. The number of nitrogens with two attached hydrogens (primary N) is 1. The van der Waals surface area contributed by atoms with Crippen LogP contribution in [0, 0.1) is 6.92 Å². The third kappa shape index (κ3) is 2.37. The molecule has 0 aliphatic heterocycles. The highest BCUT2D eigenvalue weighted by molar-refractivity contribution is 9.10. The number of halogens is 2. The van der Waals surface area contributed by atoms with Gasteiger partial charge in [-0.25, -0.2) is 9.97 Å². The van der Waals surface area contributed by atoms with E-state index in [-0.39, 0.29) is 0 Å². The summed E-state index contributed by atoms with van der Waals surface area (Å²) in [6.45, 7) is 2.01. The maximum atomic E-state index is 6.24. The normalized spacial score (nSPS) is 10.9. The van der Waals surface area contributed by atoms with Gasteiger partial charge in [0.1, 0.15) is 5.82 Å². The molecule has 1 heterocycles. The molecule has 5 heteroatoms. The first-order valence-corrected chi connectivity index (χ1v) is 7.21. The lowest BCUT2D eigenvalue weighted by Gasteiger charge is -2.08. The topological polar surface area (TPSA) is 51.8 Å². The molecule has 0 aliphatic rings. The first kappa shape index (κ1) is 13.3. The molecule has 0 atom stereocenters. The lowest BCUT2D eigenvalue weighted by Crippen LogP contribution is -1.98. The molecule has 0 unspecified atom stereocenters. The SMILES string of the molecule is Cc1ccc2nc(-c3ccc(Br)cc3Cl)nc(N)c2c1. The molecule has 0 aliphatic carbocycles. The molecule has 100 valence electrons. The Bertz CT molecular complexity index is 818. The molecule has 2 N–H and O–H groups in total. The fourth-order valence-corrected chi connectivity index (χ4v) is 2.82. The van der Waals surface area contributed by atoms with Crippen LogP contribution in [0.4, 0.5) is 5.82 Å². The molecule has 3 nitrogen and oxygen atoms in total. The maximum Gasteiger partial charge on any atom is 0.163 e. The van der Waals surface area contributed by atoms with Gasteiger partial charge in [0.05, 0.1) is 10.5 Å². The molecule has 0 spiro atoms. The zero-order valence-electron chi connectivity index (χ0n) is 10.7. The van der Waals surface area contributed by atoms with Crippen LogP contribution in [0.15, 0.2) is 40.9 Å². The molecule has 1 aromatic heterocycles. The van der Waals surface area contributed by atoms with E-state index in [1.165, 1.54) is 0 Å². The third-order valence-corrected chi connectivity index (χ3v) is 3.86. The number of anilines is 1. The number of hydrogen-bond donors (Lipinski definition) is 1. The average Bonchev–Trinajstić information content (AvgIpc) is 2.39. The Morgan fingerprint density at radius 1 is 1.10 bits per heavy atom. The lowest BCUT2D eigenvalue weighted by atomic mass is 10.1. The van der Waals surface area contributed by atoms with E-state index < -0.39 is 0 Å². The van der Waals surface area contributed by atoms with Crippen molar-refractivity contribution in [3.63, 3.8) is 0 Å². The summed E-state index contributed by atoms with van der Waals surface area (Å²) in [6, 6.07) is 11.5. The summed E-state index contributed by atoms with van der Waals surface area (Å²) >= 11 is 9.62. The van der Waals surface area contributed by atoms with Crippen LogP contribution in [-0.4, -0.2) is 9.97 Å². The first-order valence-electron chi connectivity index (χ1n) is 6.04. The average molecular weight is 349 g/mol. The van der Waals surface area contributed by atoms with Crippen LogP contribution in [0.2, 0.25) is 5.02 Å². The molecular formula is C15H11BrClN3. The number of rotatable bonds is 1. The zero-order valence-corrected chi connectivity index (χ0v) is 13.0. The largest absolute Gasteiger partial charge is 0.383 e. The zero-order chi connectivity index (χ0) is 14.3. The van der Waals surface area contributed by atoms with Crippen LogP contribution in [0.25, 0.3) is 22.3 Å². The summed E-state index contributed by atoms with van der Waals surface area (Å²) < 4.78 is 0.913. The van der Waals surface area contributed by atoms with Crippen LogP contribution in [0.3, 0.4) is 0 Å². The second-order valence-electron chi connectivity index (χ2n) is 4.58. The third-order valence-electron chi connectivity index (χ3n) is 3.05. The van der Waals surface area contributed by atoms with E-state index in [0.29, 0.717) is 16.7 Å². The molecule has 0 amide bonds. The summed E-state index contributed by atoms with van der Waals surface area (Å²) in [7, 11) is 0. The Labute approximate surface area is 129 Å². The molecule has 20 heavy (non-hydrogen) atoms. The van der Waals surface area contributed by atoms with Gasteiger partial charge < -0.3 is 5.73 Å².